The van der Waals surface area contributed by atoms with Gasteiger partial charge in [-0.3, -0.25) is 4.79 Å². The fourth-order valence-electron chi connectivity index (χ4n) is 2.31. The molecular weight excluding hydrogens is 378 g/mol. The fourth-order valence-corrected chi connectivity index (χ4v) is 2.44. The zero-order chi connectivity index (χ0) is 19.6. The molecule has 0 spiro atoms. The molecule has 0 fully saturated rings. The Morgan fingerprint density at radius 3 is 2.52 bits per heavy atom. The lowest BCUT2D eigenvalue weighted by Gasteiger charge is -2.14. The molecule has 27 heavy (non-hydrogen) atoms. The summed E-state index contributed by atoms with van der Waals surface area (Å²) in [6, 6.07) is 8.35. The van der Waals surface area contributed by atoms with E-state index in [1.807, 2.05) is 0 Å². The van der Waals surface area contributed by atoms with Gasteiger partial charge in [0.1, 0.15) is 17.7 Å². The largest absolute Gasteiger partial charge is 0.365 e. The fraction of sp³-hybridized carbons (Fsp3) is 0.111. The summed E-state index contributed by atoms with van der Waals surface area (Å²) in [5, 5.41) is 6.80. The first kappa shape index (κ1) is 18.7. The van der Waals surface area contributed by atoms with Crippen LogP contribution in [0.2, 0.25) is 5.02 Å². The third-order valence-corrected chi connectivity index (χ3v) is 4.04. The normalized spacial score (nSPS) is 11.9. The van der Waals surface area contributed by atoms with Crippen LogP contribution in [0.4, 0.5) is 14.5 Å². The lowest BCUT2D eigenvalue weighted by atomic mass is 10.2. The van der Waals surface area contributed by atoms with Crippen LogP contribution in [0.5, 0.6) is 0 Å². The van der Waals surface area contributed by atoms with Gasteiger partial charge in [0.2, 0.25) is 5.91 Å². The third kappa shape index (κ3) is 4.17. The van der Waals surface area contributed by atoms with Crippen LogP contribution in [0, 0.1) is 11.6 Å². The SMILES string of the molecule is CC(C(=O)Nc1ccc(F)cc1F)n1ncc(-c2ccc(Cl)cc2)nc1=O. The van der Waals surface area contributed by atoms with Gasteiger partial charge in [-0.15, -0.1) is 0 Å². The Bertz CT molecular complexity index is 1050. The predicted molar refractivity (Wildman–Crippen MR) is 96.4 cm³/mol. The van der Waals surface area contributed by atoms with Gasteiger partial charge in [-0.05, 0) is 31.2 Å². The van der Waals surface area contributed by atoms with Crippen LogP contribution < -0.4 is 11.0 Å². The second kappa shape index (κ2) is 7.63. The van der Waals surface area contributed by atoms with E-state index < -0.39 is 29.3 Å². The number of nitrogens with zero attached hydrogens (tertiary/aromatic N) is 3. The van der Waals surface area contributed by atoms with E-state index in [-0.39, 0.29) is 5.69 Å². The summed E-state index contributed by atoms with van der Waals surface area (Å²) in [6.07, 6.45) is 1.34. The molecule has 0 saturated carbocycles. The summed E-state index contributed by atoms with van der Waals surface area (Å²) in [5.41, 5.74) is 0.0171. The van der Waals surface area contributed by atoms with E-state index in [1.54, 1.807) is 24.3 Å². The molecule has 9 heteroatoms. The minimum Gasteiger partial charge on any atom is -0.322 e. The second-order valence-corrected chi connectivity index (χ2v) is 6.10. The summed E-state index contributed by atoms with van der Waals surface area (Å²) < 4.78 is 27.5. The maximum Gasteiger partial charge on any atom is 0.365 e. The van der Waals surface area contributed by atoms with Gasteiger partial charge in [0.25, 0.3) is 0 Å². The highest BCUT2D eigenvalue weighted by Gasteiger charge is 2.20. The van der Waals surface area contributed by atoms with Crippen LogP contribution >= 0.6 is 11.6 Å². The van der Waals surface area contributed by atoms with Gasteiger partial charge in [-0.25, -0.2) is 18.3 Å². The number of nitrogens with one attached hydrogen (secondary N) is 1. The lowest BCUT2D eigenvalue weighted by Crippen LogP contribution is -2.35. The predicted octanol–water partition coefficient (Wildman–Crippen LogP) is 3.44. The lowest BCUT2D eigenvalue weighted by molar-refractivity contribution is -0.119. The minimum absolute atomic E-state index is 0.202. The Kier molecular flexibility index (Phi) is 5.27. The molecule has 1 amide bonds. The standard InChI is InChI=1S/C18H13ClF2N4O2/c1-10(17(26)23-15-7-6-13(20)8-14(15)21)25-18(27)24-16(9-22-25)11-2-4-12(19)5-3-11/h2-10H,1H3,(H,23,26). The molecule has 6 nitrogen and oxygen atoms in total. The smallest absolute Gasteiger partial charge is 0.322 e. The van der Waals surface area contributed by atoms with Crippen molar-refractivity contribution in [3.8, 4) is 11.3 Å². The number of amides is 1. The molecule has 3 aromatic rings. The molecule has 0 aliphatic rings. The zero-order valence-electron chi connectivity index (χ0n) is 14.0. The number of hydrogen-bond acceptors (Lipinski definition) is 4. The number of carbonyl (C=O) groups excluding carboxylic acids is 1. The van der Waals surface area contributed by atoms with Crippen LogP contribution in [0.3, 0.4) is 0 Å². The molecule has 1 heterocycles. The number of benzene rings is 2. The van der Waals surface area contributed by atoms with Crippen LogP contribution in [0.25, 0.3) is 11.3 Å². The van der Waals surface area contributed by atoms with Gasteiger partial charge in [0.05, 0.1) is 17.6 Å². The summed E-state index contributed by atoms with van der Waals surface area (Å²) in [7, 11) is 0. The van der Waals surface area contributed by atoms with Crippen LogP contribution in [0.15, 0.2) is 53.5 Å². The monoisotopic (exact) mass is 390 g/mol. The number of carbonyl (C=O) groups is 1. The van der Waals surface area contributed by atoms with E-state index in [9.17, 15) is 18.4 Å². The van der Waals surface area contributed by atoms with E-state index >= 15 is 0 Å². The molecule has 1 N–H and O–H groups in total. The van der Waals surface area contributed by atoms with Crippen molar-refractivity contribution in [2.24, 2.45) is 0 Å². The molecule has 1 atom stereocenters. The molecular formula is C18H13ClF2N4O2. The highest BCUT2D eigenvalue weighted by molar-refractivity contribution is 6.30. The Morgan fingerprint density at radius 2 is 1.89 bits per heavy atom. The number of rotatable bonds is 4. The number of anilines is 1. The summed E-state index contributed by atoms with van der Waals surface area (Å²) in [4.78, 5) is 28.4. The van der Waals surface area contributed by atoms with Crippen molar-refractivity contribution in [3.63, 3.8) is 0 Å². The molecule has 0 aliphatic carbocycles. The first-order valence-corrected chi connectivity index (χ1v) is 8.20. The van der Waals surface area contributed by atoms with Gasteiger partial charge in [0.15, 0.2) is 0 Å². The Hall–Kier alpha value is -3.13. The van der Waals surface area contributed by atoms with Gasteiger partial charge in [0, 0.05) is 16.7 Å². The van der Waals surface area contributed by atoms with E-state index in [1.165, 1.54) is 13.1 Å². The van der Waals surface area contributed by atoms with E-state index in [0.29, 0.717) is 22.3 Å². The number of hydrogen-bond donors (Lipinski definition) is 1. The molecule has 0 saturated heterocycles. The van der Waals surface area contributed by atoms with Crippen molar-refractivity contribution in [1.82, 2.24) is 14.8 Å². The van der Waals surface area contributed by atoms with Gasteiger partial charge in [-0.2, -0.15) is 10.1 Å². The average molecular weight is 391 g/mol. The second-order valence-electron chi connectivity index (χ2n) is 5.67. The molecule has 1 unspecified atom stereocenters. The number of aromatic nitrogens is 3. The minimum atomic E-state index is -1.06. The molecule has 138 valence electrons. The van der Waals surface area contributed by atoms with Crippen LogP contribution in [-0.4, -0.2) is 20.7 Å². The Morgan fingerprint density at radius 1 is 1.19 bits per heavy atom. The number of halogens is 3. The molecule has 3 rings (SSSR count). The topological polar surface area (TPSA) is 76.9 Å². The highest BCUT2D eigenvalue weighted by atomic mass is 35.5. The van der Waals surface area contributed by atoms with Crippen molar-refractivity contribution in [3.05, 3.63) is 75.8 Å². The quantitative estimate of drug-likeness (QED) is 0.740. The first-order valence-electron chi connectivity index (χ1n) is 7.83. The third-order valence-electron chi connectivity index (χ3n) is 3.79. The average Bonchev–Trinajstić information content (AvgIpc) is 2.64. The van der Waals surface area contributed by atoms with Crippen molar-refractivity contribution >= 4 is 23.2 Å². The van der Waals surface area contributed by atoms with E-state index in [2.05, 4.69) is 15.4 Å². The summed E-state index contributed by atoms with van der Waals surface area (Å²) in [6.45, 7) is 1.41. The summed E-state index contributed by atoms with van der Waals surface area (Å²) >= 11 is 5.82. The van der Waals surface area contributed by atoms with Crippen molar-refractivity contribution in [2.45, 2.75) is 13.0 Å². The van der Waals surface area contributed by atoms with Crippen LogP contribution in [0.1, 0.15) is 13.0 Å². The van der Waals surface area contributed by atoms with Gasteiger partial charge in [-0.1, -0.05) is 23.7 Å². The van der Waals surface area contributed by atoms with Gasteiger partial charge >= 0.3 is 5.69 Å². The van der Waals surface area contributed by atoms with Crippen molar-refractivity contribution < 1.29 is 13.6 Å². The molecule has 0 aliphatic heterocycles. The van der Waals surface area contributed by atoms with Gasteiger partial charge < -0.3 is 5.32 Å². The van der Waals surface area contributed by atoms with Crippen LogP contribution in [-0.2, 0) is 4.79 Å². The zero-order valence-corrected chi connectivity index (χ0v) is 14.7. The first-order chi connectivity index (χ1) is 12.8. The molecule has 0 radical (unpaired) electrons. The van der Waals surface area contributed by atoms with Crippen molar-refractivity contribution in [1.29, 1.82) is 0 Å². The highest BCUT2D eigenvalue weighted by Crippen LogP contribution is 2.19. The molecule has 0 bridgehead atoms. The maximum absolute atomic E-state index is 13.7. The summed E-state index contributed by atoms with van der Waals surface area (Å²) in [5.74, 6) is -2.39. The Labute approximate surface area is 157 Å². The molecule has 1 aromatic heterocycles. The van der Waals surface area contributed by atoms with Crippen molar-refractivity contribution in [2.75, 3.05) is 5.32 Å². The van der Waals surface area contributed by atoms with E-state index in [0.717, 1.165) is 16.8 Å². The van der Waals surface area contributed by atoms with E-state index in [4.69, 9.17) is 11.6 Å². The maximum atomic E-state index is 13.7. The molecule has 2 aromatic carbocycles. The Balaban J connectivity index is 1.81.